The summed E-state index contributed by atoms with van der Waals surface area (Å²) in [6, 6.07) is 4.95. The fourth-order valence-electron chi connectivity index (χ4n) is 1.30. The molecular formula is C11H19NS. The van der Waals surface area contributed by atoms with Crippen molar-refractivity contribution in [2.75, 3.05) is 0 Å². The standard InChI is InChI=1S/C11H19NS/c1-3-4-6-10(2)12-9-11-7-5-8-13-11/h5,7-8,10,12H,3-4,6,9H2,1-2H3. The van der Waals surface area contributed by atoms with Gasteiger partial charge in [0, 0.05) is 17.5 Å². The first-order chi connectivity index (χ1) is 6.33. The van der Waals surface area contributed by atoms with Crippen molar-refractivity contribution in [2.45, 2.75) is 45.7 Å². The van der Waals surface area contributed by atoms with Gasteiger partial charge in [0.2, 0.25) is 0 Å². The van der Waals surface area contributed by atoms with Gasteiger partial charge in [-0.15, -0.1) is 11.3 Å². The molecule has 1 aromatic heterocycles. The first-order valence-electron chi connectivity index (χ1n) is 5.08. The molecule has 0 amide bonds. The lowest BCUT2D eigenvalue weighted by atomic mass is 10.1. The van der Waals surface area contributed by atoms with Crippen LogP contribution in [0, 0.1) is 0 Å². The van der Waals surface area contributed by atoms with Crippen molar-refractivity contribution >= 4 is 11.3 Å². The van der Waals surface area contributed by atoms with Gasteiger partial charge in [0.15, 0.2) is 0 Å². The monoisotopic (exact) mass is 197 g/mol. The summed E-state index contributed by atoms with van der Waals surface area (Å²) in [6.07, 6.45) is 3.92. The highest BCUT2D eigenvalue weighted by Crippen LogP contribution is 2.08. The van der Waals surface area contributed by atoms with Crippen molar-refractivity contribution in [3.8, 4) is 0 Å². The Labute approximate surface area is 85.2 Å². The number of nitrogens with one attached hydrogen (secondary N) is 1. The van der Waals surface area contributed by atoms with Gasteiger partial charge in [0.25, 0.3) is 0 Å². The Kier molecular flexibility index (Phi) is 5.09. The maximum atomic E-state index is 3.53. The normalized spacial score (nSPS) is 13.1. The summed E-state index contributed by atoms with van der Waals surface area (Å²) < 4.78 is 0. The van der Waals surface area contributed by atoms with Gasteiger partial charge >= 0.3 is 0 Å². The van der Waals surface area contributed by atoms with E-state index in [1.165, 1.54) is 24.1 Å². The van der Waals surface area contributed by atoms with Crippen molar-refractivity contribution in [1.29, 1.82) is 0 Å². The van der Waals surface area contributed by atoms with Crippen LogP contribution >= 0.6 is 11.3 Å². The lowest BCUT2D eigenvalue weighted by Gasteiger charge is -2.11. The second-order valence-electron chi connectivity index (χ2n) is 3.50. The summed E-state index contributed by atoms with van der Waals surface area (Å²) in [5, 5.41) is 5.66. The van der Waals surface area contributed by atoms with Crippen LogP contribution in [0.25, 0.3) is 0 Å². The van der Waals surface area contributed by atoms with Gasteiger partial charge < -0.3 is 5.32 Å². The van der Waals surface area contributed by atoms with Gasteiger partial charge in [0.05, 0.1) is 0 Å². The predicted molar refractivity (Wildman–Crippen MR) is 60.1 cm³/mol. The Morgan fingerprint density at radius 2 is 2.38 bits per heavy atom. The van der Waals surface area contributed by atoms with Gasteiger partial charge in [-0.2, -0.15) is 0 Å². The molecule has 2 heteroatoms. The molecule has 0 aromatic carbocycles. The molecule has 0 aliphatic carbocycles. The molecule has 0 aliphatic rings. The van der Waals surface area contributed by atoms with E-state index in [2.05, 4.69) is 36.7 Å². The fourth-order valence-corrected chi connectivity index (χ4v) is 1.96. The lowest BCUT2D eigenvalue weighted by molar-refractivity contribution is 0.497. The number of hydrogen-bond donors (Lipinski definition) is 1. The lowest BCUT2D eigenvalue weighted by Crippen LogP contribution is -2.24. The third-order valence-electron chi connectivity index (χ3n) is 2.20. The average molecular weight is 197 g/mol. The summed E-state index contributed by atoms with van der Waals surface area (Å²) in [5.74, 6) is 0. The summed E-state index contributed by atoms with van der Waals surface area (Å²) in [6.45, 7) is 5.54. The molecule has 1 atom stereocenters. The molecule has 1 aromatic rings. The van der Waals surface area contributed by atoms with Crippen LogP contribution in [-0.4, -0.2) is 6.04 Å². The third-order valence-corrected chi connectivity index (χ3v) is 3.07. The molecule has 1 nitrogen and oxygen atoms in total. The molecule has 1 N–H and O–H groups in total. The molecule has 1 unspecified atom stereocenters. The number of hydrogen-bond acceptors (Lipinski definition) is 2. The number of unbranched alkanes of at least 4 members (excludes halogenated alkanes) is 1. The van der Waals surface area contributed by atoms with Crippen molar-refractivity contribution < 1.29 is 0 Å². The van der Waals surface area contributed by atoms with E-state index in [0.717, 1.165) is 6.54 Å². The quantitative estimate of drug-likeness (QED) is 0.737. The smallest absolute Gasteiger partial charge is 0.0302 e. The number of thiophene rings is 1. The van der Waals surface area contributed by atoms with E-state index >= 15 is 0 Å². The van der Waals surface area contributed by atoms with Crippen LogP contribution in [0.3, 0.4) is 0 Å². The predicted octanol–water partition coefficient (Wildman–Crippen LogP) is 3.42. The van der Waals surface area contributed by atoms with Gasteiger partial charge in [-0.1, -0.05) is 25.8 Å². The molecule has 0 fully saturated rings. The second kappa shape index (κ2) is 6.17. The van der Waals surface area contributed by atoms with Crippen LogP contribution in [0.4, 0.5) is 0 Å². The van der Waals surface area contributed by atoms with Crippen LogP contribution in [0.1, 0.15) is 38.0 Å². The zero-order valence-corrected chi connectivity index (χ0v) is 9.36. The van der Waals surface area contributed by atoms with E-state index < -0.39 is 0 Å². The molecule has 0 spiro atoms. The van der Waals surface area contributed by atoms with Crippen molar-refractivity contribution in [3.63, 3.8) is 0 Å². The number of rotatable bonds is 6. The Hall–Kier alpha value is -0.340. The largest absolute Gasteiger partial charge is 0.309 e. The van der Waals surface area contributed by atoms with E-state index in [1.807, 2.05) is 11.3 Å². The van der Waals surface area contributed by atoms with E-state index in [1.54, 1.807) is 0 Å². The molecule has 1 heterocycles. The molecule has 0 radical (unpaired) electrons. The summed E-state index contributed by atoms with van der Waals surface area (Å²) in [7, 11) is 0. The van der Waals surface area contributed by atoms with Crippen LogP contribution in [0.5, 0.6) is 0 Å². The molecule has 13 heavy (non-hydrogen) atoms. The Morgan fingerprint density at radius 3 is 3.00 bits per heavy atom. The van der Waals surface area contributed by atoms with Gasteiger partial charge in [-0.05, 0) is 24.8 Å². The third kappa shape index (κ3) is 4.44. The molecule has 0 saturated heterocycles. The average Bonchev–Trinajstić information content (AvgIpc) is 2.64. The van der Waals surface area contributed by atoms with Gasteiger partial charge in [0.1, 0.15) is 0 Å². The van der Waals surface area contributed by atoms with Crippen molar-refractivity contribution in [2.24, 2.45) is 0 Å². The SMILES string of the molecule is CCCCC(C)NCc1cccs1. The Morgan fingerprint density at radius 1 is 1.54 bits per heavy atom. The molecular weight excluding hydrogens is 178 g/mol. The Balaban J connectivity index is 2.11. The minimum Gasteiger partial charge on any atom is -0.309 e. The van der Waals surface area contributed by atoms with Gasteiger partial charge in [-0.25, -0.2) is 0 Å². The molecule has 0 bridgehead atoms. The molecule has 1 rings (SSSR count). The zero-order valence-electron chi connectivity index (χ0n) is 8.55. The highest BCUT2D eigenvalue weighted by Gasteiger charge is 2.00. The van der Waals surface area contributed by atoms with E-state index in [-0.39, 0.29) is 0 Å². The fraction of sp³-hybridized carbons (Fsp3) is 0.636. The highest BCUT2D eigenvalue weighted by atomic mass is 32.1. The van der Waals surface area contributed by atoms with Gasteiger partial charge in [-0.3, -0.25) is 0 Å². The van der Waals surface area contributed by atoms with Crippen LogP contribution in [0.15, 0.2) is 17.5 Å². The highest BCUT2D eigenvalue weighted by molar-refractivity contribution is 7.09. The van der Waals surface area contributed by atoms with Crippen LogP contribution in [-0.2, 0) is 6.54 Å². The molecule has 0 aliphatic heterocycles. The molecule has 0 saturated carbocycles. The van der Waals surface area contributed by atoms with E-state index in [0.29, 0.717) is 6.04 Å². The maximum absolute atomic E-state index is 3.53. The van der Waals surface area contributed by atoms with Crippen LogP contribution < -0.4 is 5.32 Å². The minimum atomic E-state index is 0.655. The minimum absolute atomic E-state index is 0.655. The van der Waals surface area contributed by atoms with E-state index in [4.69, 9.17) is 0 Å². The van der Waals surface area contributed by atoms with Crippen LogP contribution in [0.2, 0.25) is 0 Å². The second-order valence-corrected chi connectivity index (χ2v) is 4.54. The maximum Gasteiger partial charge on any atom is 0.0302 e. The zero-order chi connectivity index (χ0) is 9.52. The van der Waals surface area contributed by atoms with E-state index in [9.17, 15) is 0 Å². The first kappa shape index (κ1) is 10.7. The topological polar surface area (TPSA) is 12.0 Å². The Bertz CT molecular complexity index is 206. The first-order valence-corrected chi connectivity index (χ1v) is 5.96. The summed E-state index contributed by atoms with van der Waals surface area (Å²) in [4.78, 5) is 1.43. The van der Waals surface area contributed by atoms with Crippen molar-refractivity contribution in [3.05, 3.63) is 22.4 Å². The summed E-state index contributed by atoms with van der Waals surface area (Å²) in [5.41, 5.74) is 0. The summed E-state index contributed by atoms with van der Waals surface area (Å²) >= 11 is 1.83. The molecule has 74 valence electrons. The van der Waals surface area contributed by atoms with Crippen molar-refractivity contribution in [1.82, 2.24) is 5.32 Å².